The van der Waals surface area contributed by atoms with Crippen molar-refractivity contribution in [3.8, 4) is 0 Å². The molecule has 17 heavy (non-hydrogen) atoms. The van der Waals surface area contributed by atoms with Crippen LogP contribution in [0, 0.1) is 5.41 Å². The van der Waals surface area contributed by atoms with Crippen molar-refractivity contribution in [2.24, 2.45) is 5.41 Å². The van der Waals surface area contributed by atoms with Gasteiger partial charge in [0.25, 0.3) is 0 Å². The third-order valence-electron chi connectivity index (χ3n) is 3.77. The van der Waals surface area contributed by atoms with Crippen LogP contribution < -0.4 is 5.32 Å². The van der Waals surface area contributed by atoms with Crippen molar-refractivity contribution in [3.05, 3.63) is 27.1 Å². The predicted octanol–water partition coefficient (Wildman–Crippen LogP) is 5.59. The first-order chi connectivity index (χ1) is 7.99. The minimum absolute atomic E-state index is 0.389. The lowest BCUT2D eigenvalue weighted by Gasteiger charge is -2.39. The van der Waals surface area contributed by atoms with Crippen molar-refractivity contribution in [1.82, 2.24) is 0 Å². The molecular weight excluding hydrogens is 342 g/mol. The summed E-state index contributed by atoms with van der Waals surface area (Å²) in [6.45, 7) is 4.74. The molecule has 0 aliphatic heterocycles. The molecule has 1 fully saturated rings. The van der Waals surface area contributed by atoms with Crippen LogP contribution in [0.3, 0.4) is 0 Å². The molecule has 3 heteroatoms. The first kappa shape index (κ1) is 13.4. The fraction of sp³-hybridized carbons (Fsp3) is 0.571. The molecule has 1 atom stereocenters. The van der Waals surface area contributed by atoms with Crippen LogP contribution in [0.4, 0.5) is 5.69 Å². The van der Waals surface area contributed by atoms with E-state index in [-0.39, 0.29) is 0 Å². The van der Waals surface area contributed by atoms with Crippen LogP contribution >= 0.6 is 31.9 Å². The van der Waals surface area contributed by atoms with Gasteiger partial charge in [0.2, 0.25) is 0 Å². The Bertz CT molecular complexity index is 401. The maximum absolute atomic E-state index is 3.70. The lowest BCUT2D eigenvalue weighted by molar-refractivity contribution is 0.217. The Morgan fingerprint density at radius 1 is 1.24 bits per heavy atom. The molecule has 1 aromatic rings. The van der Waals surface area contributed by atoms with Gasteiger partial charge in [0.15, 0.2) is 0 Å². The molecule has 1 aromatic carbocycles. The summed E-state index contributed by atoms with van der Waals surface area (Å²) < 4.78 is 2.26. The van der Waals surface area contributed by atoms with Crippen molar-refractivity contribution in [1.29, 1.82) is 0 Å². The molecule has 1 nitrogen and oxygen atoms in total. The summed E-state index contributed by atoms with van der Waals surface area (Å²) in [5, 5.41) is 3.70. The van der Waals surface area contributed by atoms with Crippen LogP contribution in [0.25, 0.3) is 0 Å². The van der Waals surface area contributed by atoms with E-state index in [4.69, 9.17) is 0 Å². The van der Waals surface area contributed by atoms with Crippen LogP contribution in [-0.4, -0.2) is 6.04 Å². The topological polar surface area (TPSA) is 12.0 Å². The second-order valence-corrected chi connectivity index (χ2v) is 7.33. The highest BCUT2D eigenvalue weighted by atomic mass is 79.9. The number of rotatable bonds is 2. The Morgan fingerprint density at radius 2 is 2.00 bits per heavy atom. The largest absolute Gasteiger partial charge is 0.381 e. The summed E-state index contributed by atoms with van der Waals surface area (Å²) in [7, 11) is 0. The molecule has 94 valence electrons. The predicted molar refractivity (Wildman–Crippen MR) is 81.5 cm³/mol. The SMILES string of the molecule is CC1(C)CCCCC1Nc1cc(Br)ccc1Br. The molecule has 0 heterocycles. The minimum Gasteiger partial charge on any atom is -0.381 e. The number of hydrogen-bond acceptors (Lipinski definition) is 1. The number of hydrogen-bond donors (Lipinski definition) is 1. The van der Waals surface area contributed by atoms with Crippen LogP contribution in [0.2, 0.25) is 0 Å². The first-order valence-corrected chi connectivity index (χ1v) is 7.79. The van der Waals surface area contributed by atoms with E-state index >= 15 is 0 Å². The van der Waals surface area contributed by atoms with Crippen molar-refractivity contribution >= 4 is 37.5 Å². The minimum atomic E-state index is 0.389. The number of anilines is 1. The van der Waals surface area contributed by atoms with Gasteiger partial charge in [-0.2, -0.15) is 0 Å². The maximum atomic E-state index is 3.70. The zero-order valence-corrected chi connectivity index (χ0v) is 13.6. The highest BCUT2D eigenvalue weighted by Gasteiger charge is 2.32. The van der Waals surface area contributed by atoms with E-state index in [9.17, 15) is 0 Å². The maximum Gasteiger partial charge on any atom is 0.0498 e. The molecule has 1 aliphatic rings. The van der Waals surface area contributed by atoms with Crippen molar-refractivity contribution in [2.75, 3.05) is 5.32 Å². The Kier molecular flexibility index (Phi) is 4.19. The zero-order chi connectivity index (χ0) is 12.5. The van der Waals surface area contributed by atoms with E-state index in [1.165, 1.54) is 31.4 Å². The van der Waals surface area contributed by atoms with E-state index in [0.29, 0.717) is 11.5 Å². The van der Waals surface area contributed by atoms with Gasteiger partial charge in [0.05, 0.1) is 0 Å². The summed E-state index contributed by atoms with van der Waals surface area (Å²) in [6.07, 6.45) is 5.29. The molecule has 1 unspecified atom stereocenters. The van der Waals surface area contributed by atoms with Gasteiger partial charge in [0, 0.05) is 20.7 Å². The van der Waals surface area contributed by atoms with E-state index in [2.05, 4.69) is 69.2 Å². The average molecular weight is 361 g/mol. The van der Waals surface area contributed by atoms with Gasteiger partial charge in [-0.25, -0.2) is 0 Å². The first-order valence-electron chi connectivity index (χ1n) is 6.21. The molecule has 0 radical (unpaired) electrons. The Hall–Kier alpha value is -0.0200. The summed E-state index contributed by atoms with van der Waals surface area (Å²) in [4.78, 5) is 0. The summed E-state index contributed by atoms with van der Waals surface area (Å²) in [5.41, 5.74) is 1.58. The second-order valence-electron chi connectivity index (χ2n) is 5.56. The lowest BCUT2D eigenvalue weighted by atomic mass is 9.73. The third kappa shape index (κ3) is 3.25. The standard InChI is InChI=1S/C14H19Br2N/c1-14(2)8-4-3-5-13(14)17-12-9-10(15)6-7-11(12)16/h6-7,9,13,17H,3-5,8H2,1-2H3. The van der Waals surface area contributed by atoms with Crippen molar-refractivity contribution in [3.63, 3.8) is 0 Å². The van der Waals surface area contributed by atoms with Crippen molar-refractivity contribution in [2.45, 2.75) is 45.6 Å². The van der Waals surface area contributed by atoms with Crippen LogP contribution in [0.5, 0.6) is 0 Å². The van der Waals surface area contributed by atoms with Gasteiger partial charge in [0.1, 0.15) is 0 Å². The summed E-state index contributed by atoms with van der Waals surface area (Å²) in [5.74, 6) is 0. The molecular formula is C14H19Br2N. The smallest absolute Gasteiger partial charge is 0.0498 e. The molecule has 0 aromatic heterocycles. The monoisotopic (exact) mass is 359 g/mol. The van der Waals surface area contributed by atoms with E-state index in [1.807, 2.05) is 0 Å². The van der Waals surface area contributed by atoms with E-state index < -0.39 is 0 Å². The van der Waals surface area contributed by atoms with Crippen LogP contribution in [0.15, 0.2) is 27.1 Å². The highest BCUT2D eigenvalue weighted by molar-refractivity contribution is 9.11. The summed E-state index contributed by atoms with van der Waals surface area (Å²) >= 11 is 7.14. The number of benzene rings is 1. The normalized spacial score (nSPS) is 23.4. The van der Waals surface area contributed by atoms with Gasteiger partial charge in [-0.3, -0.25) is 0 Å². The number of nitrogens with one attached hydrogen (secondary N) is 1. The van der Waals surface area contributed by atoms with Crippen molar-refractivity contribution < 1.29 is 0 Å². The zero-order valence-electron chi connectivity index (χ0n) is 10.4. The van der Waals surface area contributed by atoms with E-state index in [0.717, 1.165) is 8.95 Å². The quantitative estimate of drug-likeness (QED) is 0.724. The molecule has 0 bridgehead atoms. The summed E-state index contributed by atoms with van der Waals surface area (Å²) in [6, 6.07) is 6.86. The highest BCUT2D eigenvalue weighted by Crippen LogP contribution is 2.38. The molecule has 2 rings (SSSR count). The second kappa shape index (κ2) is 5.31. The molecule has 0 saturated heterocycles. The Balaban J connectivity index is 2.16. The van der Waals surface area contributed by atoms with Crippen LogP contribution in [-0.2, 0) is 0 Å². The molecule has 0 spiro atoms. The van der Waals surface area contributed by atoms with E-state index in [1.54, 1.807) is 0 Å². The lowest BCUT2D eigenvalue weighted by Crippen LogP contribution is -2.38. The Labute approximate surface area is 121 Å². The molecule has 1 aliphatic carbocycles. The number of halogens is 2. The van der Waals surface area contributed by atoms with Crippen LogP contribution in [0.1, 0.15) is 39.5 Å². The van der Waals surface area contributed by atoms with Gasteiger partial charge >= 0.3 is 0 Å². The van der Waals surface area contributed by atoms with Gasteiger partial charge in [-0.1, -0.05) is 42.6 Å². The molecule has 1 saturated carbocycles. The fourth-order valence-electron chi connectivity index (χ4n) is 2.56. The van der Waals surface area contributed by atoms with Gasteiger partial charge in [-0.05, 0) is 52.4 Å². The molecule has 1 N–H and O–H groups in total. The van der Waals surface area contributed by atoms with Gasteiger partial charge in [-0.15, -0.1) is 0 Å². The Morgan fingerprint density at radius 3 is 2.71 bits per heavy atom. The fourth-order valence-corrected chi connectivity index (χ4v) is 3.28. The van der Waals surface area contributed by atoms with Gasteiger partial charge < -0.3 is 5.32 Å². The third-order valence-corrected chi connectivity index (χ3v) is 4.95. The average Bonchev–Trinajstić information content (AvgIpc) is 2.26. The molecule has 0 amide bonds.